The maximum absolute atomic E-state index is 14.2. The van der Waals surface area contributed by atoms with Crippen LogP contribution in [0.3, 0.4) is 0 Å². The summed E-state index contributed by atoms with van der Waals surface area (Å²) in [4.78, 5) is 44.2. The van der Waals surface area contributed by atoms with Gasteiger partial charge in [0.2, 0.25) is 11.8 Å². The molecule has 1 fully saturated rings. The summed E-state index contributed by atoms with van der Waals surface area (Å²) in [7, 11) is 0. The van der Waals surface area contributed by atoms with Gasteiger partial charge in [0.25, 0.3) is 0 Å². The van der Waals surface area contributed by atoms with Crippen LogP contribution in [-0.4, -0.2) is 17.8 Å². The number of nitriles is 1. The molecule has 7 rings (SSSR count). The summed E-state index contributed by atoms with van der Waals surface area (Å²) < 4.78 is 5.76. The van der Waals surface area contributed by atoms with Gasteiger partial charge in [0.1, 0.15) is 16.8 Å². The molecule has 0 N–H and O–H groups in total. The zero-order valence-electron chi connectivity index (χ0n) is 20.8. The number of thiophene rings is 1. The topological polar surface area (TPSA) is 87.5 Å². The predicted octanol–water partition coefficient (Wildman–Crippen LogP) is 5.33. The Morgan fingerprint density at radius 2 is 1.76 bits per heavy atom. The number of imide groups is 1. The van der Waals surface area contributed by atoms with Crippen LogP contribution in [0.25, 0.3) is 5.57 Å². The van der Waals surface area contributed by atoms with Gasteiger partial charge in [-0.3, -0.25) is 14.4 Å². The number of amides is 2. The van der Waals surface area contributed by atoms with E-state index in [0.29, 0.717) is 16.3 Å². The second-order valence-electron chi connectivity index (χ2n) is 10.5. The maximum atomic E-state index is 14.2. The van der Waals surface area contributed by atoms with Crippen molar-refractivity contribution in [1.29, 1.82) is 5.26 Å². The number of allylic oxidation sites excluding steroid dienone is 1. The van der Waals surface area contributed by atoms with E-state index >= 15 is 0 Å². The SMILES string of the molecule is Cc1ccc2c(c1)OC(=O)[C@@H]1C2=C[C@H](c2ccccc2)[C@@H]2C(=O)N(c3sc4c(c3C#N)CCCC4)C(=O)[C@H]12. The van der Waals surface area contributed by atoms with Gasteiger partial charge in [-0.15, -0.1) is 11.3 Å². The molecule has 188 valence electrons. The van der Waals surface area contributed by atoms with Crippen LogP contribution < -0.4 is 9.64 Å². The Bertz CT molecular complexity index is 1610. The normalized spacial score (nSPS) is 25.5. The Balaban J connectivity index is 1.42. The second-order valence-corrected chi connectivity index (χ2v) is 11.6. The molecule has 2 aliphatic carbocycles. The van der Waals surface area contributed by atoms with E-state index in [-0.39, 0.29) is 5.91 Å². The van der Waals surface area contributed by atoms with Crippen LogP contribution in [0.1, 0.15) is 51.5 Å². The average molecular weight is 521 g/mol. The van der Waals surface area contributed by atoms with Gasteiger partial charge < -0.3 is 4.74 Å². The monoisotopic (exact) mass is 520 g/mol. The first-order valence-electron chi connectivity index (χ1n) is 13.0. The number of nitrogens with zero attached hydrogens (tertiary/aromatic N) is 2. The minimum atomic E-state index is -0.902. The first-order chi connectivity index (χ1) is 18.5. The molecule has 3 aromatic rings. The van der Waals surface area contributed by atoms with Gasteiger partial charge in [-0.25, -0.2) is 4.90 Å². The molecule has 2 aliphatic heterocycles. The third-order valence-electron chi connectivity index (χ3n) is 8.40. The summed E-state index contributed by atoms with van der Waals surface area (Å²) in [6.07, 6.45) is 5.64. The molecule has 1 saturated heterocycles. The molecule has 4 atom stereocenters. The van der Waals surface area contributed by atoms with Crippen molar-refractivity contribution in [3.63, 3.8) is 0 Å². The molecule has 3 heterocycles. The van der Waals surface area contributed by atoms with Crippen LogP contribution in [-0.2, 0) is 27.2 Å². The number of benzene rings is 2. The maximum Gasteiger partial charge on any atom is 0.319 e. The predicted molar refractivity (Wildman–Crippen MR) is 143 cm³/mol. The third kappa shape index (κ3) is 3.20. The summed E-state index contributed by atoms with van der Waals surface area (Å²) in [6.45, 7) is 1.93. The third-order valence-corrected chi connectivity index (χ3v) is 9.68. The van der Waals surface area contributed by atoms with Gasteiger partial charge in [-0.1, -0.05) is 48.5 Å². The Morgan fingerprint density at radius 3 is 2.55 bits per heavy atom. The molecular weight excluding hydrogens is 496 g/mol. The highest BCUT2D eigenvalue weighted by molar-refractivity contribution is 7.17. The fourth-order valence-electron chi connectivity index (χ4n) is 6.69. The Morgan fingerprint density at radius 1 is 1.00 bits per heavy atom. The molecule has 38 heavy (non-hydrogen) atoms. The number of carbonyl (C=O) groups excluding carboxylic acids is 3. The number of hydrogen-bond donors (Lipinski definition) is 0. The molecule has 0 saturated carbocycles. The zero-order valence-corrected chi connectivity index (χ0v) is 21.6. The standard InChI is InChI=1S/C31H24N2O4S/c1-16-11-12-18-21-14-20(17-7-3-2-4-8-17)25-27(26(21)31(36)37-23(18)13-16)29(35)33(28(25)34)30-22(15-32)19-9-5-6-10-24(19)38-30/h2-4,7-8,11-14,20,25-27H,5-6,9-10H2,1H3/t20-,25+,26-,27+/m1/s1. The molecule has 1 aromatic heterocycles. The lowest BCUT2D eigenvalue weighted by Gasteiger charge is -2.38. The lowest BCUT2D eigenvalue weighted by atomic mass is 9.64. The van der Waals surface area contributed by atoms with Crippen LogP contribution in [0.2, 0.25) is 0 Å². The highest BCUT2D eigenvalue weighted by Gasteiger charge is 2.61. The number of hydrogen-bond acceptors (Lipinski definition) is 6. The minimum Gasteiger partial charge on any atom is -0.425 e. The zero-order chi connectivity index (χ0) is 26.1. The van der Waals surface area contributed by atoms with Gasteiger partial charge >= 0.3 is 5.97 Å². The number of aryl methyl sites for hydroxylation is 2. The van der Waals surface area contributed by atoms with Gasteiger partial charge in [-0.2, -0.15) is 5.26 Å². The van der Waals surface area contributed by atoms with Crippen molar-refractivity contribution in [2.24, 2.45) is 17.8 Å². The van der Waals surface area contributed by atoms with E-state index in [1.165, 1.54) is 16.2 Å². The van der Waals surface area contributed by atoms with E-state index in [0.717, 1.165) is 58.4 Å². The molecule has 7 heteroatoms. The van der Waals surface area contributed by atoms with Crippen molar-refractivity contribution in [3.8, 4) is 11.8 Å². The van der Waals surface area contributed by atoms with Gasteiger partial charge in [0.15, 0.2) is 0 Å². The molecule has 4 aliphatic rings. The van der Waals surface area contributed by atoms with Crippen molar-refractivity contribution in [1.82, 2.24) is 0 Å². The first kappa shape index (κ1) is 23.1. The number of esters is 1. The van der Waals surface area contributed by atoms with Crippen LogP contribution >= 0.6 is 11.3 Å². The summed E-state index contributed by atoms with van der Waals surface area (Å²) in [5, 5.41) is 10.5. The van der Waals surface area contributed by atoms with Gasteiger partial charge in [0, 0.05) is 16.4 Å². The molecule has 0 radical (unpaired) electrons. The second kappa shape index (κ2) is 8.50. The van der Waals surface area contributed by atoms with Crippen molar-refractivity contribution in [3.05, 3.63) is 87.3 Å². The lowest BCUT2D eigenvalue weighted by molar-refractivity contribution is -0.142. The van der Waals surface area contributed by atoms with Crippen LogP contribution in [0.5, 0.6) is 5.75 Å². The van der Waals surface area contributed by atoms with E-state index in [1.54, 1.807) is 0 Å². The largest absolute Gasteiger partial charge is 0.425 e. The first-order valence-corrected chi connectivity index (χ1v) is 13.8. The van der Waals surface area contributed by atoms with E-state index in [1.807, 2.05) is 61.5 Å². The molecule has 6 nitrogen and oxygen atoms in total. The molecule has 0 unspecified atom stereocenters. The Labute approximate surface area is 224 Å². The smallest absolute Gasteiger partial charge is 0.319 e. The molecular formula is C31H24N2O4S. The summed E-state index contributed by atoms with van der Waals surface area (Å²) >= 11 is 1.38. The summed E-state index contributed by atoms with van der Waals surface area (Å²) in [5.41, 5.74) is 4.79. The van der Waals surface area contributed by atoms with Gasteiger partial charge in [-0.05, 0) is 60.9 Å². The van der Waals surface area contributed by atoms with E-state index in [4.69, 9.17) is 4.74 Å². The quantitative estimate of drug-likeness (QED) is 0.259. The highest BCUT2D eigenvalue weighted by Crippen LogP contribution is 2.55. The Hall–Kier alpha value is -4.02. The summed E-state index contributed by atoms with van der Waals surface area (Å²) in [5.74, 6) is -3.73. The van der Waals surface area contributed by atoms with Crippen molar-refractivity contribution < 1.29 is 19.1 Å². The molecule has 2 aromatic carbocycles. The number of anilines is 1. The van der Waals surface area contributed by atoms with Crippen LogP contribution in [0.4, 0.5) is 5.00 Å². The highest BCUT2D eigenvalue weighted by atomic mass is 32.1. The van der Waals surface area contributed by atoms with E-state index in [2.05, 4.69) is 6.07 Å². The Kier molecular flexibility index (Phi) is 5.17. The van der Waals surface area contributed by atoms with Crippen LogP contribution in [0, 0.1) is 36.0 Å². The number of fused-ring (bicyclic) bond motifs is 6. The van der Waals surface area contributed by atoms with E-state index < -0.39 is 35.5 Å². The lowest BCUT2D eigenvalue weighted by Crippen LogP contribution is -2.42. The minimum absolute atomic E-state index is 0.346. The van der Waals surface area contributed by atoms with E-state index in [9.17, 15) is 19.6 Å². The van der Waals surface area contributed by atoms with Crippen LogP contribution in [0.15, 0.2) is 54.6 Å². The van der Waals surface area contributed by atoms with Crippen molar-refractivity contribution >= 4 is 39.7 Å². The van der Waals surface area contributed by atoms with Crippen molar-refractivity contribution in [2.45, 2.75) is 38.5 Å². The summed E-state index contributed by atoms with van der Waals surface area (Å²) in [6, 6.07) is 17.7. The van der Waals surface area contributed by atoms with Gasteiger partial charge in [0.05, 0.1) is 23.3 Å². The molecule has 2 amide bonds. The average Bonchev–Trinajstić information content (AvgIpc) is 3.42. The van der Waals surface area contributed by atoms with Crippen molar-refractivity contribution in [2.75, 3.05) is 4.90 Å². The molecule has 0 bridgehead atoms. The fourth-order valence-corrected chi connectivity index (χ4v) is 8.04. The number of rotatable bonds is 2. The number of ether oxygens (including phenoxy) is 1. The number of carbonyl (C=O) groups is 3. The molecule has 0 spiro atoms. The fraction of sp³-hybridized carbons (Fsp3) is 0.290.